The van der Waals surface area contributed by atoms with Crippen LogP contribution in [0.2, 0.25) is 0 Å². The fraction of sp³-hybridized carbons (Fsp3) is 0.400. The molecule has 0 aromatic heterocycles. The Morgan fingerprint density at radius 3 is 2.89 bits per heavy atom. The van der Waals surface area contributed by atoms with Crippen LogP contribution < -0.4 is 5.32 Å². The Hall–Kier alpha value is -1.77. The Bertz CT molecular complexity index is 489. The van der Waals surface area contributed by atoms with Gasteiger partial charge in [0.2, 0.25) is 0 Å². The van der Waals surface area contributed by atoms with Gasteiger partial charge in [-0.15, -0.1) is 0 Å². The highest BCUT2D eigenvalue weighted by Gasteiger charge is 2.19. The van der Waals surface area contributed by atoms with Gasteiger partial charge in [0.15, 0.2) is 0 Å². The quantitative estimate of drug-likeness (QED) is 0.832. The van der Waals surface area contributed by atoms with Crippen molar-refractivity contribution in [3.8, 4) is 0 Å². The van der Waals surface area contributed by atoms with Gasteiger partial charge in [0.1, 0.15) is 0 Å². The third kappa shape index (κ3) is 2.92. The third-order valence-electron chi connectivity index (χ3n) is 2.91. The van der Waals surface area contributed by atoms with E-state index in [4.69, 9.17) is 4.74 Å². The Balaban J connectivity index is 2.16. The van der Waals surface area contributed by atoms with Crippen LogP contribution in [0.25, 0.3) is 6.08 Å². The number of hydrogen-bond donors (Lipinski definition) is 1. The highest BCUT2D eigenvalue weighted by atomic mass is 16.5. The summed E-state index contributed by atoms with van der Waals surface area (Å²) >= 11 is 0. The second-order valence-electron chi connectivity index (χ2n) is 5.08. The molecule has 0 amide bonds. The highest BCUT2D eigenvalue weighted by Crippen LogP contribution is 2.28. The molecular formula is C15H19NO2. The molecule has 3 heteroatoms. The molecule has 0 spiro atoms. The Kier molecular flexibility index (Phi) is 3.41. The Morgan fingerprint density at radius 2 is 2.17 bits per heavy atom. The lowest BCUT2D eigenvalue weighted by Crippen LogP contribution is -2.30. The molecule has 2 rings (SSSR count). The zero-order valence-corrected chi connectivity index (χ0v) is 11.1. The SMILES string of the molecule is CCOC(=O)Cc1ccc2c(c1)C=CC(C)(C)N2. The van der Waals surface area contributed by atoms with Crippen molar-refractivity contribution in [1.29, 1.82) is 0 Å². The molecule has 1 aliphatic heterocycles. The van der Waals surface area contributed by atoms with Crippen molar-refractivity contribution in [2.75, 3.05) is 11.9 Å². The molecule has 1 aromatic carbocycles. The molecule has 0 saturated heterocycles. The van der Waals surface area contributed by atoms with E-state index in [2.05, 4.69) is 31.3 Å². The molecule has 1 aliphatic rings. The molecule has 96 valence electrons. The lowest BCUT2D eigenvalue weighted by atomic mass is 9.95. The van der Waals surface area contributed by atoms with Crippen molar-refractivity contribution >= 4 is 17.7 Å². The van der Waals surface area contributed by atoms with E-state index in [1.54, 1.807) is 0 Å². The summed E-state index contributed by atoms with van der Waals surface area (Å²) in [5.74, 6) is -0.175. The van der Waals surface area contributed by atoms with Gasteiger partial charge in [0.25, 0.3) is 0 Å². The molecule has 0 bridgehead atoms. The van der Waals surface area contributed by atoms with Crippen LogP contribution in [-0.2, 0) is 16.0 Å². The summed E-state index contributed by atoms with van der Waals surface area (Å²) in [6.45, 7) is 6.50. The lowest BCUT2D eigenvalue weighted by molar-refractivity contribution is -0.142. The van der Waals surface area contributed by atoms with Gasteiger partial charge in [-0.3, -0.25) is 4.79 Å². The second kappa shape index (κ2) is 4.84. The van der Waals surface area contributed by atoms with E-state index in [9.17, 15) is 4.79 Å². The molecule has 0 aliphatic carbocycles. The van der Waals surface area contributed by atoms with E-state index < -0.39 is 0 Å². The molecule has 0 radical (unpaired) electrons. The predicted molar refractivity (Wildman–Crippen MR) is 73.5 cm³/mol. The number of carbonyl (C=O) groups excluding carboxylic acids is 1. The third-order valence-corrected chi connectivity index (χ3v) is 2.91. The number of carbonyl (C=O) groups is 1. The minimum absolute atomic E-state index is 0.0182. The first kappa shape index (κ1) is 12.7. The van der Waals surface area contributed by atoms with Crippen LogP contribution in [0.5, 0.6) is 0 Å². The van der Waals surface area contributed by atoms with Gasteiger partial charge in [-0.2, -0.15) is 0 Å². The summed E-state index contributed by atoms with van der Waals surface area (Å²) in [6.07, 6.45) is 4.56. The predicted octanol–water partition coefficient (Wildman–Crippen LogP) is 3.01. The number of anilines is 1. The number of nitrogens with one attached hydrogen (secondary N) is 1. The van der Waals surface area contributed by atoms with Gasteiger partial charge in [0.05, 0.1) is 18.6 Å². The standard InChI is InChI=1S/C15H19NO2/c1-4-18-14(17)10-11-5-6-13-12(9-11)7-8-15(2,3)16-13/h5-9,16H,4,10H2,1-3H3. The second-order valence-corrected chi connectivity index (χ2v) is 5.08. The van der Waals surface area contributed by atoms with Crippen LogP contribution in [0.15, 0.2) is 24.3 Å². The summed E-state index contributed by atoms with van der Waals surface area (Å²) < 4.78 is 4.95. The Morgan fingerprint density at radius 1 is 1.39 bits per heavy atom. The minimum Gasteiger partial charge on any atom is -0.466 e. The molecule has 0 saturated carbocycles. The fourth-order valence-electron chi connectivity index (χ4n) is 2.04. The van der Waals surface area contributed by atoms with Crippen LogP contribution in [0.3, 0.4) is 0 Å². The Labute approximate surface area is 108 Å². The molecule has 1 heterocycles. The first-order valence-electron chi connectivity index (χ1n) is 6.26. The van der Waals surface area contributed by atoms with Crippen LogP contribution in [-0.4, -0.2) is 18.1 Å². The van der Waals surface area contributed by atoms with Gasteiger partial charge in [0, 0.05) is 5.69 Å². The van der Waals surface area contributed by atoms with Gasteiger partial charge in [-0.25, -0.2) is 0 Å². The molecule has 1 N–H and O–H groups in total. The fourth-order valence-corrected chi connectivity index (χ4v) is 2.04. The molecular weight excluding hydrogens is 226 g/mol. The number of benzene rings is 1. The van der Waals surface area contributed by atoms with E-state index in [1.165, 1.54) is 0 Å². The van der Waals surface area contributed by atoms with E-state index in [0.717, 1.165) is 16.8 Å². The normalized spacial score (nSPS) is 15.7. The summed E-state index contributed by atoms with van der Waals surface area (Å²) in [6, 6.07) is 6.03. The van der Waals surface area contributed by atoms with Crippen molar-refractivity contribution in [2.24, 2.45) is 0 Å². The molecule has 0 fully saturated rings. The van der Waals surface area contributed by atoms with Gasteiger partial charge >= 0.3 is 5.97 Å². The maximum atomic E-state index is 11.4. The monoisotopic (exact) mass is 245 g/mol. The van der Waals surface area contributed by atoms with Gasteiger partial charge in [-0.05, 0) is 44.0 Å². The molecule has 3 nitrogen and oxygen atoms in total. The van der Waals surface area contributed by atoms with Crippen LogP contribution in [0.1, 0.15) is 31.9 Å². The van der Waals surface area contributed by atoms with Gasteiger partial charge < -0.3 is 10.1 Å². The first-order chi connectivity index (χ1) is 8.50. The number of hydrogen-bond acceptors (Lipinski definition) is 3. The first-order valence-corrected chi connectivity index (χ1v) is 6.26. The van der Waals surface area contributed by atoms with Crippen molar-refractivity contribution in [3.63, 3.8) is 0 Å². The maximum Gasteiger partial charge on any atom is 0.310 e. The van der Waals surface area contributed by atoms with Crippen LogP contribution in [0.4, 0.5) is 5.69 Å². The summed E-state index contributed by atoms with van der Waals surface area (Å²) in [5, 5.41) is 3.44. The van der Waals surface area contributed by atoms with Crippen molar-refractivity contribution in [3.05, 3.63) is 35.4 Å². The molecule has 0 atom stereocenters. The minimum atomic E-state index is -0.175. The van der Waals surface area contributed by atoms with E-state index in [1.807, 2.05) is 25.1 Å². The zero-order valence-electron chi connectivity index (χ0n) is 11.1. The van der Waals surface area contributed by atoms with Crippen LogP contribution >= 0.6 is 0 Å². The van der Waals surface area contributed by atoms with Crippen LogP contribution in [0, 0.1) is 0 Å². The summed E-state index contributed by atoms with van der Waals surface area (Å²) in [7, 11) is 0. The number of rotatable bonds is 3. The van der Waals surface area contributed by atoms with E-state index >= 15 is 0 Å². The van der Waals surface area contributed by atoms with Crippen molar-refractivity contribution < 1.29 is 9.53 Å². The number of fused-ring (bicyclic) bond motifs is 1. The van der Waals surface area contributed by atoms with Crippen molar-refractivity contribution in [2.45, 2.75) is 32.7 Å². The average Bonchev–Trinajstić information content (AvgIpc) is 2.29. The average molecular weight is 245 g/mol. The summed E-state index contributed by atoms with van der Waals surface area (Å²) in [5.41, 5.74) is 3.19. The van der Waals surface area contributed by atoms with E-state index in [-0.39, 0.29) is 11.5 Å². The van der Waals surface area contributed by atoms with Crippen molar-refractivity contribution in [1.82, 2.24) is 0 Å². The smallest absolute Gasteiger partial charge is 0.310 e. The lowest BCUT2D eigenvalue weighted by Gasteiger charge is -2.29. The van der Waals surface area contributed by atoms with Gasteiger partial charge in [-0.1, -0.05) is 18.2 Å². The molecule has 0 unspecified atom stereocenters. The molecule has 18 heavy (non-hydrogen) atoms. The topological polar surface area (TPSA) is 38.3 Å². The summed E-state index contributed by atoms with van der Waals surface area (Å²) in [4.78, 5) is 11.4. The van der Waals surface area contributed by atoms with E-state index in [0.29, 0.717) is 13.0 Å². The number of ether oxygens (including phenoxy) is 1. The molecule has 1 aromatic rings. The highest BCUT2D eigenvalue weighted by molar-refractivity contribution is 5.76. The zero-order chi connectivity index (χ0) is 13.2. The maximum absolute atomic E-state index is 11.4. The largest absolute Gasteiger partial charge is 0.466 e. The number of esters is 1.